The van der Waals surface area contributed by atoms with Gasteiger partial charge in [0.15, 0.2) is 11.9 Å². The molecule has 0 radical (unpaired) electrons. The molecule has 0 aliphatic carbocycles. The largest absolute Gasteiger partial charge is 0.374 e. The number of hydrogen-bond acceptors (Lipinski definition) is 3. The highest BCUT2D eigenvalue weighted by Crippen LogP contribution is 2.20. The zero-order valence-electron chi connectivity index (χ0n) is 19.2. The normalized spacial score (nSPS) is 13.1. The van der Waals surface area contributed by atoms with E-state index in [1.165, 1.54) is 83.5 Å². The lowest BCUT2D eigenvalue weighted by Gasteiger charge is -2.20. The molecule has 1 aromatic rings. The third-order valence-corrected chi connectivity index (χ3v) is 6.04. The minimum atomic E-state index is -1.88. The van der Waals surface area contributed by atoms with E-state index in [1.54, 1.807) is 24.3 Å². The van der Waals surface area contributed by atoms with Crippen LogP contribution in [-0.4, -0.2) is 22.8 Å². The molecular formula is C27H44O3. The summed E-state index contributed by atoms with van der Waals surface area (Å²) < 4.78 is 0. The van der Waals surface area contributed by atoms with Gasteiger partial charge in [0.1, 0.15) is 0 Å². The smallest absolute Gasteiger partial charge is 0.201 e. The molecule has 0 saturated heterocycles. The minimum absolute atomic E-state index is 0.211. The van der Waals surface area contributed by atoms with Crippen LogP contribution in [0.1, 0.15) is 126 Å². The molecule has 0 fully saturated rings. The third kappa shape index (κ3) is 11.6. The van der Waals surface area contributed by atoms with Gasteiger partial charge in [-0.15, -0.1) is 0 Å². The van der Waals surface area contributed by atoms with Crippen molar-refractivity contribution >= 4 is 12.1 Å². The summed E-state index contributed by atoms with van der Waals surface area (Å²) in [6, 6.07) is 8.58. The van der Waals surface area contributed by atoms with Crippen LogP contribution in [0.5, 0.6) is 0 Å². The van der Waals surface area contributed by atoms with Gasteiger partial charge >= 0.3 is 0 Å². The van der Waals surface area contributed by atoms with E-state index in [1.807, 2.05) is 6.07 Å². The van der Waals surface area contributed by atoms with Gasteiger partial charge in [-0.3, -0.25) is 9.59 Å². The second-order valence-electron chi connectivity index (χ2n) is 8.79. The Kier molecular flexibility index (Phi) is 15.2. The van der Waals surface area contributed by atoms with Crippen molar-refractivity contribution in [2.75, 3.05) is 0 Å². The summed E-state index contributed by atoms with van der Waals surface area (Å²) in [7, 11) is 0. The Morgan fingerprint density at radius 2 is 1.13 bits per heavy atom. The molecule has 0 bridgehead atoms. The Morgan fingerprint density at radius 3 is 1.53 bits per heavy atom. The van der Waals surface area contributed by atoms with Gasteiger partial charge in [0, 0.05) is 5.56 Å². The first-order valence-corrected chi connectivity index (χ1v) is 12.4. The molecule has 1 rings (SSSR count). The highest BCUT2D eigenvalue weighted by molar-refractivity contribution is 6.11. The standard InChI is InChI=1S/C27H44O3/c1-2-3-4-5-6-7-8-9-10-11-12-13-14-15-16-20-23-27(30,24-28)26(29)25-21-18-17-19-22-25/h17-19,21-22,24,30H,2-16,20,23H2,1H3. The first kappa shape index (κ1) is 26.6. The number of aldehydes is 1. The quantitative estimate of drug-likeness (QED) is 0.104. The highest BCUT2D eigenvalue weighted by atomic mass is 16.3. The maximum Gasteiger partial charge on any atom is 0.201 e. The number of Topliss-reactive ketones (excluding diaryl/α,β-unsaturated/α-hetero) is 1. The van der Waals surface area contributed by atoms with Crippen LogP contribution in [-0.2, 0) is 4.79 Å². The number of rotatable bonds is 20. The molecule has 1 atom stereocenters. The van der Waals surface area contributed by atoms with E-state index in [4.69, 9.17) is 0 Å². The molecule has 0 aliphatic heterocycles. The Balaban J connectivity index is 1.97. The Bertz CT molecular complexity index is 554. The highest BCUT2D eigenvalue weighted by Gasteiger charge is 2.35. The van der Waals surface area contributed by atoms with Crippen molar-refractivity contribution in [1.82, 2.24) is 0 Å². The fourth-order valence-electron chi connectivity index (χ4n) is 4.01. The van der Waals surface area contributed by atoms with Crippen LogP contribution in [0.25, 0.3) is 0 Å². The molecule has 0 aliphatic rings. The van der Waals surface area contributed by atoms with Crippen LogP contribution in [0.15, 0.2) is 30.3 Å². The van der Waals surface area contributed by atoms with Gasteiger partial charge in [-0.25, -0.2) is 0 Å². The maximum absolute atomic E-state index is 12.4. The van der Waals surface area contributed by atoms with E-state index in [0.717, 1.165) is 12.8 Å². The Labute approximate surface area is 184 Å². The zero-order chi connectivity index (χ0) is 21.9. The topological polar surface area (TPSA) is 54.4 Å². The molecule has 30 heavy (non-hydrogen) atoms. The lowest BCUT2D eigenvalue weighted by Crippen LogP contribution is -2.40. The summed E-state index contributed by atoms with van der Waals surface area (Å²) in [6.07, 6.45) is 21.0. The lowest BCUT2D eigenvalue weighted by atomic mass is 9.89. The molecule has 0 amide bonds. The number of ketones is 1. The van der Waals surface area contributed by atoms with Crippen LogP contribution < -0.4 is 0 Å². The summed E-state index contributed by atoms with van der Waals surface area (Å²) in [5.41, 5.74) is -1.49. The van der Waals surface area contributed by atoms with Gasteiger partial charge in [-0.05, 0) is 12.8 Å². The molecule has 0 spiro atoms. The first-order valence-electron chi connectivity index (χ1n) is 12.4. The fourth-order valence-corrected chi connectivity index (χ4v) is 4.01. The molecule has 0 heterocycles. The number of carbonyl (C=O) groups excluding carboxylic acids is 2. The molecule has 3 heteroatoms. The molecule has 0 saturated carbocycles. The summed E-state index contributed by atoms with van der Waals surface area (Å²) in [4.78, 5) is 23.8. The van der Waals surface area contributed by atoms with Gasteiger partial charge in [0.05, 0.1) is 0 Å². The van der Waals surface area contributed by atoms with E-state index in [-0.39, 0.29) is 6.42 Å². The van der Waals surface area contributed by atoms with E-state index in [2.05, 4.69) is 6.92 Å². The fraction of sp³-hybridized carbons (Fsp3) is 0.704. The summed E-state index contributed by atoms with van der Waals surface area (Å²) in [5.74, 6) is -0.487. The average Bonchev–Trinajstić information content (AvgIpc) is 2.78. The molecule has 170 valence electrons. The molecule has 1 unspecified atom stereocenters. The van der Waals surface area contributed by atoms with Crippen molar-refractivity contribution in [2.45, 2.75) is 122 Å². The predicted octanol–water partition coefficient (Wildman–Crippen LogP) is 7.45. The van der Waals surface area contributed by atoms with Gasteiger partial charge in [0.2, 0.25) is 5.78 Å². The van der Waals surface area contributed by atoms with Crippen LogP contribution in [0.4, 0.5) is 0 Å². The average molecular weight is 417 g/mol. The van der Waals surface area contributed by atoms with Crippen LogP contribution in [0, 0.1) is 0 Å². The number of benzene rings is 1. The van der Waals surface area contributed by atoms with Crippen molar-refractivity contribution in [3.8, 4) is 0 Å². The molecule has 3 nitrogen and oxygen atoms in total. The van der Waals surface area contributed by atoms with E-state index < -0.39 is 11.4 Å². The molecule has 1 aromatic carbocycles. The third-order valence-electron chi connectivity index (χ3n) is 6.04. The van der Waals surface area contributed by atoms with Crippen molar-refractivity contribution in [3.05, 3.63) is 35.9 Å². The van der Waals surface area contributed by atoms with Crippen molar-refractivity contribution in [2.24, 2.45) is 0 Å². The summed E-state index contributed by atoms with van der Waals surface area (Å²) in [5, 5.41) is 10.4. The summed E-state index contributed by atoms with van der Waals surface area (Å²) >= 11 is 0. The number of aliphatic hydroxyl groups is 1. The van der Waals surface area contributed by atoms with Crippen LogP contribution in [0.2, 0.25) is 0 Å². The zero-order valence-corrected chi connectivity index (χ0v) is 19.2. The van der Waals surface area contributed by atoms with Gasteiger partial charge in [-0.2, -0.15) is 0 Å². The molecule has 0 aromatic heterocycles. The predicted molar refractivity (Wildman–Crippen MR) is 126 cm³/mol. The van der Waals surface area contributed by atoms with E-state index in [9.17, 15) is 14.7 Å². The second-order valence-corrected chi connectivity index (χ2v) is 8.79. The van der Waals surface area contributed by atoms with E-state index >= 15 is 0 Å². The molecular weight excluding hydrogens is 372 g/mol. The van der Waals surface area contributed by atoms with Crippen molar-refractivity contribution < 1.29 is 14.7 Å². The number of carbonyl (C=O) groups is 2. The van der Waals surface area contributed by atoms with Crippen molar-refractivity contribution in [3.63, 3.8) is 0 Å². The second kappa shape index (κ2) is 17.2. The summed E-state index contributed by atoms with van der Waals surface area (Å²) in [6.45, 7) is 2.27. The van der Waals surface area contributed by atoms with Gasteiger partial charge in [-0.1, -0.05) is 134 Å². The monoisotopic (exact) mass is 416 g/mol. The van der Waals surface area contributed by atoms with Crippen molar-refractivity contribution in [1.29, 1.82) is 0 Å². The maximum atomic E-state index is 12.4. The van der Waals surface area contributed by atoms with E-state index in [0.29, 0.717) is 18.3 Å². The van der Waals surface area contributed by atoms with Crippen LogP contribution >= 0.6 is 0 Å². The Hall–Kier alpha value is -1.48. The van der Waals surface area contributed by atoms with Gasteiger partial charge in [0.25, 0.3) is 0 Å². The molecule has 1 N–H and O–H groups in total. The number of hydrogen-bond donors (Lipinski definition) is 1. The number of unbranched alkanes of at least 4 members (excludes halogenated alkanes) is 15. The minimum Gasteiger partial charge on any atom is -0.374 e. The first-order chi connectivity index (χ1) is 14.6. The lowest BCUT2D eigenvalue weighted by molar-refractivity contribution is -0.120. The Morgan fingerprint density at radius 1 is 0.733 bits per heavy atom. The van der Waals surface area contributed by atoms with Crippen LogP contribution in [0.3, 0.4) is 0 Å². The SMILES string of the molecule is CCCCCCCCCCCCCCCCCCC(O)(C=O)C(=O)c1ccccc1. The van der Waals surface area contributed by atoms with Gasteiger partial charge < -0.3 is 5.11 Å².